The van der Waals surface area contributed by atoms with E-state index in [4.69, 9.17) is 9.47 Å². The van der Waals surface area contributed by atoms with E-state index in [-0.39, 0.29) is 0 Å². The zero-order chi connectivity index (χ0) is 11.5. The van der Waals surface area contributed by atoms with Gasteiger partial charge in [0.25, 0.3) is 0 Å². The predicted molar refractivity (Wildman–Crippen MR) is 54.1 cm³/mol. The summed E-state index contributed by atoms with van der Waals surface area (Å²) in [6, 6.07) is 0. The molecule has 0 aromatic carbocycles. The average molecular weight is 212 g/mol. The van der Waals surface area contributed by atoms with Crippen LogP contribution in [-0.4, -0.2) is 23.6 Å². The smallest absolute Gasteiger partial charge is 0.348 e. The van der Waals surface area contributed by atoms with Crippen LogP contribution in [0.5, 0.6) is 0 Å². The molecule has 0 bridgehead atoms. The Bertz CT molecular complexity index is 284. The van der Waals surface area contributed by atoms with Crippen LogP contribution in [0.3, 0.4) is 0 Å². The van der Waals surface area contributed by atoms with Crippen LogP contribution in [0.4, 0.5) is 0 Å². The zero-order valence-electron chi connectivity index (χ0n) is 9.12. The van der Waals surface area contributed by atoms with Crippen molar-refractivity contribution in [3.05, 3.63) is 12.7 Å². The Morgan fingerprint density at radius 3 is 3.00 bits per heavy atom. The SMILES string of the molecule is C=CC(=O)OC1CC(C)(CCC)OC1=O. The summed E-state index contributed by atoms with van der Waals surface area (Å²) in [5.74, 6) is -1.04. The normalized spacial score (nSPS) is 29.7. The van der Waals surface area contributed by atoms with E-state index in [1.807, 2.05) is 13.8 Å². The van der Waals surface area contributed by atoms with Gasteiger partial charge in [-0.05, 0) is 13.3 Å². The fourth-order valence-electron chi connectivity index (χ4n) is 1.79. The summed E-state index contributed by atoms with van der Waals surface area (Å²) in [7, 11) is 0. The molecule has 1 rings (SSSR count). The van der Waals surface area contributed by atoms with Gasteiger partial charge in [0.2, 0.25) is 6.10 Å². The largest absolute Gasteiger partial charge is 0.456 e. The van der Waals surface area contributed by atoms with Crippen molar-refractivity contribution in [2.75, 3.05) is 0 Å². The van der Waals surface area contributed by atoms with Crippen molar-refractivity contribution in [3.63, 3.8) is 0 Å². The molecule has 0 radical (unpaired) electrons. The first kappa shape index (κ1) is 11.8. The maximum atomic E-state index is 11.4. The summed E-state index contributed by atoms with van der Waals surface area (Å²) in [5.41, 5.74) is -0.488. The fourth-order valence-corrected chi connectivity index (χ4v) is 1.79. The number of esters is 2. The van der Waals surface area contributed by atoms with Gasteiger partial charge >= 0.3 is 11.9 Å². The maximum absolute atomic E-state index is 11.4. The molecular formula is C11H16O4. The van der Waals surface area contributed by atoms with Crippen LogP contribution in [-0.2, 0) is 19.1 Å². The quantitative estimate of drug-likeness (QED) is 0.524. The number of hydrogen-bond donors (Lipinski definition) is 0. The number of carbonyl (C=O) groups excluding carboxylic acids is 2. The monoisotopic (exact) mass is 212 g/mol. The van der Waals surface area contributed by atoms with E-state index in [1.165, 1.54) is 0 Å². The minimum Gasteiger partial charge on any atom is -0.456 e. The second-order valence-corrected chi connectivity index (χ2v) is 3.95. The number of carbonyl (C=O) groups is 2. The van der Waals surface area contributed by atoms with Gasteiger partial charge in [0.1, 0.15) is 5.60 Å². The average Bonchev–Trinajstić information content (AvgIpc) is 2.42. The van der Waals surface area contributed by atoms with Crippen molar-refractivity contribution >= 4 is 11.9 Å². The van der Waals surface area contributed by atoms with Crippen LogP contribution in [0.25, 0.3) is 0 Å². The maximum Gasteiger partial charge on any atom is 0.348 e. The second kappa shape index (κ2) is 4.47. The van der Waals surface area contributed by atoms with Crippen LogP contribution < -0.4 is 0 Å². The number of hydrogen-bond acceptors (Lipinski definition) is 4. The number of ether oxygens (including phenoxy) is 2. The molecule has 0 N–H and O–H groups in total. The molecule has 2 unspecified atom stereocenters. The summed E-state index contributed by atoms with van der Waals surface area (Å²) in [5, 5.41) is 0. The Morgan fingerprint density at radius 2 is 2.47 bits per heavy atom. The van der Waals surface area contributed by atoms with Crippen LogP contribution in [0, 0.1) is 0 Å². The van der Waals surface area contributed by atoms with Gasteiger partial charge in [0.15, 0.2) is 0 Å². The van der Waals surface area contributed by atoms with E-state index in [0.29, 0.717) is 6.42 Å². The molecule has 0 aromatic rings. The molecule has 1 aliphatic heterocycles. The summed E-state index contributed by atoms with van der Waals surface area (Å²) < 4.78 is 10.1. The van der Waals surface area contributed by atoms with E-state index in [2.05, 4.69) is 6.58 Å². The molecule has 0 aromatic heterocycles. The lowest BCUT2D eigenvalue weighted by Gasteiger charge is -2.20. The Kier molecular flexibility index (Phi) is 3.50. The summed E-state index contributed by atoms with van der Waals surface area (Å²) in [6.45, 7) is 7.15. The highest BCUT2D eigenvalue weighted by molar-refractivity contribution is 5.86. The molecule has 0 saturated carbocycles. The molecule has 4 heteroatoms. The van der Waals surface area contributed by atoms with Crippen molar-refractivity contribution in [3.8, 4) is 0 Å². The fraction of sp³-hybridized carbons (Fsp3) is 0.636. The standard InChI is InChI=1S/C11H16O4/c1-4-6-11(3)7-8(10(13)15-11)14-9(12)5-2/h5,8H,2,4,6-7H2,1,3H3. The molecule has 1 heterocycles. The first-order chi connectivity index (χ1) is 7.00. The Labute approximate surface area is 89.2 Å². The zero-order valence-corrected chi connectivity index (χ0v) is 9.12. The lowest BCUT2D eigenvalue weighted by molar-refractivity contribution is -0.160. The Balaban J connectivity index is 2.60. The van der Waals surface area contributed by atoms with Gasteiger partial charge in [-0.15, -0.1) is 0 Å². The van der Waals surface area contributed by atoms with Gasteiger partial charge in [-0.1, -0.05) is 19.9 Å². The van der Waals surface area contributed by atoms with Gasteiger partial charge in [0.05, 0.1) is 0 Å². The highest BCUT2D eigenvalue weighted by Crippen LogP contribution is 2.32. The number of rotatable bonds is 4. The van der Waals surface area contributed by atoms with E-state index >= 15 is 0 Å². The van der Waals surface area contributed by atoms with Gasteiger partial charge in [0, 0.05) is 12.5 Å². The van der Waals surface area contributed by atoms with E-state index in [0.717, 1.165) is 18.9 Å². The van der Waals surface area contributed by atoms with Crippen molar-refractivity contribution in [2.24, 2.45) is 0 Å². The molecule has 0 amide bonds. The molecular weight excluding hydrogens is 196 g/mol. The predicted octanol–water partition coefficient (Wildman–Crippen LogP) is 1.59. The van der Waals surface area contributed by atoms with Gasteiger partial charge in [-0.25, -0.2) is 9.59 Å². The van der Waals surface area contributed by atoms with Crippen molar-refractivity contribution in [1.29, 1.82) is 0 Å². The molecule has 4 nitrogen and oxygen atoms in total. The van der Waals surface area contributed by atoms with E-state index < -0.39 is 23.6 Å². The van der Waals surface area contributed by atoms with Crippen molar-refractivity contribution in [1.82, 2.24) is 0 Å². The third-order valence-corrected chi connectivity index (χ3v) is 2.43. The molecule has 1 saturated heterocycles. The van der Waals surface area contributed by atoms with E-state index in [9.17, 15) is 9.59 Å². The van der Waals surface area contributed by atoms with Crippen molar-refractivity contribution < 1.29 is 19.1 Å². The third kappa shape index (κ3) is 2.81. The minimum atomic E-state index is -0.771. The van der Waals surface area contributed by atoms with Crippen LogP contribution in [0.15, 0.2) is 12.7 Å². The molecule has 15 heavy (non-hydrogen) atoms. The Hall–Kier alpha value is -1.32. The van der Waals surface area contributed by atoms with Crippen molar-refractivity contribution in [2.45, 2.75) is 44.8 Å². The van der Waals surface area contributed by atoms with Gasteiger partial charge in [-0.3, -0.25) is 0 Å². The minimum absolute atomic E-state index is 0.430. The lowest BCUT2D eigenvalue weighted by atomic mass is 9.96. The summed E-state index contributed by atoms with van der Waals surface area (Å²) >= 11 is 0. The third-order valence-electron chi connectivity index (χ3n) is 2.43. The highest BCUT2D eigenvalue weighted by atomic mass is 16.6. The molecule has 0 aliphatic carbocycles. The first-order valence-electron chi connectivity index (χ1n) is 5.06. The number of cyclic esters (lactones) is 1. The molecule has 0 spiro atoms. The molecule has 1 aliphatic rings. The van der Waals surface area contributed by atoms with Crippen LogP contribution >= 0.6 is 0 Å². The lowest BCUT2D eigenvalue weighted by Crippen LogP contribution is -2.24. The molecule has 84 valence electrons. The summed E-state index contributed by atoms with van der Waals surface area (Å²) in [6.07, 6.45) is 2.40. The second-order valence-electron chi connectivity index (χ2n) is 3.95. The van der Waals surface area contributed by atoms with Gasteiger partial charge in [-0.2, -0.15) is 0 Å². The molecule has 2 atom stereocenters. The topological polar surface area (TPSA) is 52.6 Å². The van der Waals surface area contributed by atoms with E-state index in [1.54, 1.807) is 0 Å². The van der Waals surface area contributed by atoms with Crippen LogP contribution in [0.1, 0.15) is 33.1 Å². The first-order valence-corrected chi connectivity index (χ1v) is 5.06. The van der Waals surface area contributed by atoms with Gasteiger partial charge < -0.3 is 9.47 Å². The Morgan fingerprint density at radius 1 is 1.80 bits per heavy atom. The molecule has 1 fully saturated rings. The summed E-state index contributed by atoms with van der Waals surface area (Å²) in [4.78, 5) is 22.3. The highest BCUT2D eigenvalue weighted by Gasteiger charge is 2.44. The van der Waals surface area contributed by atoms with Crippen LogP contribution in [0.2, 0.25) is 0 Å².